The zero-order valence-electron chi connectivity index (χ0n) is 19.9. The zero-order valence-corrected chi connectivity index (χ0v) is 19.9. The topological polar surface area (TPSA) is 69.2 Å². The van der Waals surface area contributed by atoms with Crippen molar-refractivity contribution >= 4 is 11.9 Å². The van der Waals surface area contributed by atoms with Crippen LogP contribution >= 0.6 is 0 Å². The van der Waals surface area contributed by atoms with E-state index >= 15 is 0 Å². The number of amides is 1. The molecule has 1 unspecified atom stereocenters. The number of guanidine groups is 1. The molecule has 3 rings (SSSR count). The first-order chi connectivity index (χ1) is 15.7. The van der Waals surface area contributed by atoms with E-state index in [1.165, 1.54) is 12.0 Å². The van der Waals surface area contributed by atoms with Gasteiger partial charge in [-0.2, -0.15) is 0 Å². The maximum absolute atomic E-state index is 12.4. The number of benzene rings is 1. The van der Waals surface area contributed by atoms with Crippen molar-refractivity contribution in [3.05, 3.63) is 35.9 Å². The molecule has 1 aromatic carbocycles. The lowest BCUT2D eigenvalue weighted by Gasteiger charge is -2.38. The highest BCUT2D eigenvalue weighted by atomic mass is 16.5. The molecule has 1 aliphatic carbocycles. The molecule has 178 valence electrons. The molecule has 1 saturated carbocycles. The number of nitrogens with zero attached hydrogens (tertiary/aromatic N) is 3. The summed E-state index contributed by atoms with van der Waals surface area (Å²) in [6, 6.07) is 10.3. The third kappa shape index (κ3) is 8.10. The lowest BCUT2D eigenvalue weighted by molar-refractivity contribution is -0.139. The molecular formula is C25H41N5O2. The van der Waals surface area contributed by atoms with Crippen LogP contribution in [0.3, 0.4) is 0 Å². The Labute approximate surface area is 193 Å². The van der Waals surface area contributed by atoms with Crippen LogP contribution in [0.2, 0.25) is 0 Å². The predicted molar refractivity (Wildman–Crippen MR) is 130 cm³/mol. The average molecular weight is 444 g/mol. The molecule has 0 aromatic heterocycles. The van der Waals surface area contributed by atoms with Crippen LogP contribution in [0.4, 0.5) is 0 Å². The fourth-order valence-electron chi connectivity index (χ4n) is 4.03. The first-order valence-electron chi connectivity index (χ1n) is 12.3. The molecule has 1 saturated heterocycles. The molecule has 32 heavy (non-hydrogen) atoms. The highest BCUT2D eigenvalue weighted by Gasteiger charge is 2.30. The van der Waals surface area contributed by atoms with Crippen LogP contribution in [0.25, 0.3) is 0 Å². The lowest BCUT2D eigenvalue weighted by Crippen LogP contribution is -2.52. The molecule has 2 fully saturated rings. The summed E-state index contributed by atoms with van der Waals surface area (Å²) in [5.41, 5.74) is 1.20. The van der Waals surface area contributed by atoms with Gasteiger partial charge >= 0.3 is 0 Å². The van der Waals surface area contributed by atoms with E-state index in [2.05, 4.69) is 46.4 Å². The number of rotatable bonds is 11. The summed E-state index contributed by atoms with van der Waals surface area (Å²) in [6.45, 7) is 12.6. The van der Waals surface area contributed by atoms with Crippen LogP contribution in [0, 0.1) is 11.8 Å². The van der Waals surface area contributed by atoms with Gasteiger partial charge in [-0.1, -0.05) is 43.7 Å². The monoisotopic (exact) mass is 443 g/mol. The van der Waals surface area contributed by atoms with Crippen molar-refractivity contribution in [3.63, 3.8) is 0 Å². The highest BCUT2D eigenvalue weighted by molar-refractivity contribution is 5.80. The molecule has 1 atom stereocenters. The van der Waals surface area contributed by atoms with Crippen molar-refractivity contribution < 1.29 is 9.53 Å². The molecule has 1 amide bonds. The first-order valence-corrected chi connectivity index (χ1v) is 12.3. The summed E-state index contributed by atoms with van der Waals surface area (Å²) in [4.78, 5) is 21.6. The Morgan fingerprint density at radius 2 is 1.91 bits per heavy atom. The second-order valence-corrected chi connectivity index (χ2v) is 9.05. The Hall–Kier alpha value is -2.12. The second-order valence-electron chi connectivity index (χ2n) is 9.05. The van der Waals surface area contributed by atoms with Gasteiger partial charge in [0.15, 0.2) is 5.96 Å². The predicted octanol–water partition coefficient (Wildman–Crippen LogP) is 2.34. The van der Waals surface area contributed by atoms with Gasteiger partial charge in [-0.25, -0.2) is 0 Å². The van der Waals surface area contributed by atoms with E-state index in [1.54, 1.807) is 0 Å². The van der Waals surface area contributed by atoms with Gasteiger partial charge in [0.25, 0.3) is 0 Å². The Bertz CT molecular complexity index is 700. The Balaban J connectivity index is 1.30. The van der Waals surface area contributed by atoms with Crippen molar-refractivity contribution in [2.45, 2.75) is 39.7 Å². The summed E-state index contributed by atoms with van der Waals surface area (Å²) in [6.07, 6.45) is 3.40. The maximum Gasteiger partial charge on any atom is 0.225 e. The third-order valence-corrected chi connectivity index (χ3v) is 6.28. The van der Waals surface area contributed by atoms with E-state index in [1.807, 2.05) is 18.2 Å². The maximum atomic E-state index is 12.4. The molecule has 2 N–H and O–H groups in total. The van der Waals surface area contributed by atoms with Crippen LogP contribution in [-0.2, 0) is 16.1 Å². The van der Waals surface area contributed by atoms with Crippen molar-refractivity contribution in [3.8, 4) is 0 Å². The Morgan fingerprint density at radius 3 is 2.56 bits per heavy atom. The number of carbonyl (C=O) groups excluding carboxylic acids is 1. The lowest BCUT2D eigenvalue weighted by atomic mass is 9.84. The number of ether oxygens (including phenoxy) is 1. The smallest absolute Gasteiger partial charge is 0.225 e. The molecule has 1 aromatic rings. The van der Waals surface area contributed by atoms with E-state index < -0.39 is 0 Å². The fourth-order valence-corrected chi connectivity index (χ4v) is 4.03. The average Bonchev–Trinajstić information content (AvgIpc) is 2.77. The van der Waals surface area contributed by atoms with Gasteiger partial charge in [0.2, 0.25) is 5.91 Å². The summed E-state index contributed by atoms with van der Waals surface area (Å²) in [7, 11) is 0. The van der Waals surface area contributed by atoms with Crippen LogP contribution in [0.5, 0.6) is 0 Å². The van der Waals surface area contributed by atoms with Crippen molar-refractivity contribution in [2.75, 3.05) is 59.0 Å². The first kappa shape index (κ1) is 24.5. The summed E-state index contributed by atoms with van der Waals surface area (Å²) in [5.74, 6) is 1.92. The highest BCUT2D eigenvalue weighted by Crippen LogP contribution is 2.28. The molecule has 1 aliphatic heterocycles. The fraction of sp³-hybridized carbons (Fsp3) is 0.680. The van der Waals surface area contributed by atoms with Crippen LogP contribution in [-0.4, -0.2) is 80.6 Å². The molecule has 0 radical (unpaired) electrons. The molecular weight excluding hydrogens is 402 g/mol. The van der Waals surface area contributed by atoms with Crippen LogP contribution < -0.4 is 10.6 Å². The van der Waals surface area contributed by atoms with Crippen molar-refractivity contribution in [1.82, 2.24) is 20.4 Å². The minimum Gasteiger partial charge on any atom is -0.376 e. The summed E-state index contributed by atoms with van der Waals surface area (Å²) < 4.78 is 5.84. The molecule has 0 spiro atoms. The number of piperazine rings is 1. The summed E-state index contributed by atoms with van der Waals surface area (Å²) in [5, 5.41) is 6.78. The van der Waals surface area contributed by atoms with E-state index in [9.17, 15) is 4.79 Å². The normalized spacial score (nSPS) is 18.8. The van der Waals surface area contributed by atoms with E-state index in [0.29, 0.717) is 31.0 Å². The number of hydrogen-bond donors (Lipinski definition) is 2. The zero-order chi connectivity index (χ0) is 22.6. The molecule has 1 heterocycles. The van der Waals surface area contributed by atoms with Crippen molar-refractivity contribution in [2.24, 2.45) is 16.8 Å². The van der Waals surface area contributed by atoms with Gasteiger partial charge in [-0.05, 0) is 31.2 Å². The van der Waals surface area contributed by atoms with Crippen molar-refractivity contribution in [1.29, 1.82) is 0 Å². The quantitative estimate of drug-likeness (QED) is 0.406. The number of nitrogens with one attached hydrogen (secondary N) is 2. The third-order valence-electron chi connectivity index (χ3n) is 6.28. The van der Waals surface area contributed by atoms with E-state index in [4.69, 9.17) is 9.73 Å². The minimum atomic E-state index is 0.313. The molecule has 0 bridgehead atoms. The van der Waals surface area contributed by atoms with E-state index in [-0.39, 0.29) is 0 Å². The van der Waals surface area contributed by atoms with Crippen LogP contribution in [0.1, 0.15) is 38.7 Å². The van der Waals surface area contributed by atoms with Gasteiger partial charge in [0, 0.05) is 58.3 Å². The summed E-state index contributed by atoms with van der Waals surface area (Å²) >= 11 is 0. The Morgan fingerprint density at radius 1 is 1.16 bits per heavy atom. The largest absolute Gasteiger partial charge is 0.376 e. The molecule has 2 aliphatic rings. The number of carbonyl (C=O) groups is 1. The van der Waals surface area contributed by atoms with Gasteiger partial charge in [-0.3, -0.25) is 14.7 Å². The van der Waals surface area contributed by atoms with E-state index in [0.717, 1.165) is 71.2 Å². The minimum absolute atomic E-state index is 0.313. The second kappa shape index (κ2) is 13.4. The number of hydrogen-bond acceptors (Lipinski definition) is 4. The van der Waals surface area contributed by atoms with Gasteiger partial charge in [-0.15, -0.1) is 0 Å². The SMILES string of the molecule is CCNC(=NCC(C)COCc1ccccc1)NCCN1CCN(C(=O)C2CCC2)CC1. The van der Waals surface area contributed by atoms with Gasteiger partial charge < -0.3 is 20.3 Å². The molecule has 7 nitrogen and oxygen atoms in total. The van der Waals surface area contributed by atoms with Crippen LogP contribution in [0.15, 0.2) is 35.3 Å². The number of aliphatic imine (C=N–C) groups is 1. The standard InChI is InChI=1S/C25H41N5O2/c1-3-26-25(28-18-21(2)19-32-20-22-8-5-4-6-9-22)27-12-13-29-14-16-30(17-15-29)24(31)23-10-7-11-23/h4-6,8-9,21,23H,3,7,10-20H2,1-2H3,(H2,26,27,28). The molecule has 7 heteroatoms. The van der Waals surface area contributed by atoms with Gasteiger partial charge in [0.05, 0.1) is 13.2 Å². The Kier molecular flexibility index (Phi) is 10.3. The van der Waals surface area contributed by atoms with Gasteiger partial charge in [0.1, 0.15) is 0 Å².